The lowest BCUT2D eigenvalue weighted by Crippen LogP contribution is -2.07. The number of nitrogen functional groups attached to an aromatic ring is 1. The Hall–Kier alpha value is -0.920. The van der Waals surface area contributed by atoms with Crippen LogP contribution in [0.4, 0.5) is 10.1 Å². The molecule has 1 aromatic heterocycles. The molecule has 1 aromatic carbocycles. The predicted molar refractivity (Wildman–Crippen MR) is 73.7 cm³/mol. The van der Waals surface area contributed by atoms with Gasteiger partial charge in [-0.1, -0.05) is 0 Å². The molecule has 0 unspecified atom stereocenters. The Morgan fingerprint density at radius 2 is 2.06 bits per heavy atom. The highest BCUT2D eigenvalue weighted by atomic mass is 79.9. The first kappa shape index (κ1) is 13.5. The summed E-state index contributed by atoms with van der Waals surface area (Å²) in [6.07, 6.45) is 0. The number of hydrogen-bond acceptors (Lipinski definition) is 4. The highest BCUT2D eigenvalue weighted by Gasteiger charge is 2.20. The standard InChI is InChI=1S/C11H9BrFNO2S2/c12-7-3-9(17-5-7)6-18(15,16)11-4-8(13)1-2-10(11)14/h1-5H,6,14H2. The molecular formula is C11H9BrFNO2S2. The summed E-state index contributed by atoms with van der Waals surface area (Å²) in [5.74, 6) is -0.799. The fourth-order valence-corrected chi connectivity index (χ4v) is 4.78. The molecule has 0 saturated carbocycles. The van der Waals surface area contributed by atoms with Gasteiger partial charge in [0, 0.05) is 14.7 Å². The quantitative estimate of drug-likeness (QED) is 0.865. The van der Waals surface area contributed by atoms with Crippen LogP contribution in [0.15, 0.2) is 39.0 Å². The molecular weight excluding hydrogens is 341 g/mol. The van der Waals surface area contributed by atoms with Gasteiger partial charge in [0.2, 0.25) is 0 Å². The van der Waals surface area contributed by atoms with E-state index in [0.717, 1.165) is 16.6 Å². The zero-order valence-electron chi connectivity index (χ0n) is 9.06. The average Bonchev–Trinajstić information content (AvgIpc) is 2.66. The van der Waals surface area contributed by atoms with Gasteiger partial charge < -0.3 is 5.73 Å². The van der Waals surface area contributed by atoms with E-state index in [4.69, 9.17) is 5.73 Å². The van der Waals surface area contributed by atoms with Gasteiger partial charge in [0.05, 0.1) is 16.3 Å². The van der Waals surface area contributed by atoms with Crippen LogP contribution in [-0.2, 0) is 15.6 Å². The Kier molecular flexibility index (Phi) is 3.74. The van der Waals surface area contributed by atoms with Gasteiger partial charge in [-0.05, 0) is 40.2 Å². The topological polar surface area (TPSA) is 60.2 Å². The molecule has 2 N–H and O–H groups in total. The highest BCUT2D eigenvalue weighted by Crippen LogP contribution is 2.27. The van der Waals surface area contributed by atoms with Gasteiger partial charge in [-0.2, -0.15) is 0 Å². The summed E-state index contributed by atoms with van der Waals surface area (Å²) in [6.45, 7) is 0. The van der Waals surface area contributed by atoms with E-state index in [2.05, 4.69) is 15.9 Å². The first-order chi connectivity index (χ1) is 8.38. The fraction of sp³-hybridized carbons (Fsp3) is 0.0909. The van der Waals surface area contributed by atoms with Crippen LogP contribution in [0.5, 0.6) is 0 Å². The number of halogens is 2. The normalized spacial score (nSPS) is 11.7. The van der Waals surface area contributed by atoms with Crippen molar-refractivity contribution in [1.82, 2.24) is 0 Å². The number of hydrogen-bond donors (Lipinski definition) is 1. The summed E-state index contributed by atoms with van der Waals surface area (Å²) in [4.78, 5) is 0.512. The molecule has 1 heterocycles. The molecule has 0 aliphatic rings. The van der Waals surface area contributed by atoms with Gasteiger partial charge in [-0.3, -0.25) is 0 Å². The van der Waals surface area contributed by atoms with Gasteiger partial charge in [0.25, 0.3) is 0 Å². The van der Waals surface area contributed by atoms with E-state index in [0.29, 0.717) is 4.88 Å². The van der Waals surface area contributed by atoms with Crippen molar-refractivity contribution < 1.29 is 12.8 Å². The van der Waals surface area contributed by atoms with Crippen LogP contribution in [0.25, 0.3) is 0 Å². The Labute approximate surface area is 116 Å². The van der Waals surface area contributed by atoms with E-state index >= 15 is 0 Å². The number of rotatable bonds is 3. The Balaban J connectivity index is 2.39. The molecule has 0 saturated heterocycles. The van der Waals surface area contributed by atoms with Gasteiger partial charge in [-0.25, -0.2) is 12.8 Å². The van der Waals surface area contributed by atoms with E-state index in [1.165, 1.54) is 17.4 Å². The molecule has 0 aliphatic heterocycles. The molecule has 18 heavy (non-hydrogen) atoms. The maximum atomic E-state index is 13.1. The number of anilines is 1. The third kappa shape index (κ3) is 2.90. The number of nitrogens with two attached hydrogens (primary N) is 1. The second-order valence-electron chi connectivity index (χ2n) is 3.67. The molecule has 0 amide bonds. The van der Waals surface area contributed by atoms with Crippen LogP contribution in [0.3, 0.4) is 0 Å². The Morgan fingerprint density at radius 3 is 2.67 bits per heavy atom. The number of benzene rings is 1. The minimum atomic E-state index is -3.63. The smallest absolute Gasteiger partial charge is 0.185 e. The summed E-state index contributed by atoms with van der Waals surface area (Å²) >= 11 is 4.57. The van der Waals surface area contributed by atoms with Crippen molar-refractivity contribution >= 4 is 42.8 Å². The van der Waals surface area contributed by atoms with E-state index < -0.39 is 15.7 Å². The Bertz CT molecular complexity index is 682. The zero-order valence-corrected chi connectivity index (χ0v) is 12.3. The van der Waals surface area contributed by atoms with Crippen LogP contribution < -0.4 is 5.73 Å². The summed E-state index contributed by atoms with van der Waals surface area (Å²) < 4.78 is 38.2. The molecule has 3 nitrogen and oxygen atoms in total. The minimum absolute atomic E-state index is 0.0621. The molecule has 0 bridgehead atoms. The van der Waals surface area contributed by atoms with E-state index in [9.17, 15) is 12.8 Å². The maximum Gasteiger partial charge on any atom is 0.185 e. The van der Waals surface area contributed by atoms with Crippen molar-refractivity contribution in [3.63, 3.8) is 0 Å². The van der Waals surface area contributed by atoms with Gasteiger partial charge in [-0.15, -0.1) is 11.3 Å². The summed E-state index contributed by atoms with van der Waals surface area (Å²) in [6, 6.07) is 5.06. The van der Waals surface area contributed by atoms with Crippen molar-refractivity contribution in [2.24, 2.45) is 0 Å². The second-order valence-corrected chi connectivity index (χ2v) is 7.54. The molecule has 0 spiro atoms. The van der Waals surface area contributed by atoms with Crippen molar-refractivity contribution in [2.75, 3.05) is 5.73 Å². The van der Waals surface area contributed by atoms with Crippen molar-refractivity contribution in [3.8, 4) is 0 Å². The summed E-state index contributed by atoms with van der Waals surface area (Å²) in [5, 5.41) is 1.79. The SMILES string of the molecule is Nc1ccc(F)cc1S(=O)(=O)Cc1cc(Br)cs1. The largest absolute Gasteiger partial charge is 0.398 e. The first-order valence-corrected chi connectivity index (χ1v) is 8.22. The van der Waals surface area contributed by atoms with E-state index in [-0.39, 0.29) is 16.3 Å². The average molecular weight is 350 g/mol. The molecule has 96 valence electrons. The first-order valence-electron chi connectivity index (χ1n) is 4.89. The molecule has 7 heteroatoms. The van der Waals surface area contributed by atoms with Crippen molar-refractivity contribution in [1.29, 1.82) is 0 Å². The van der Waals surface area contributed by atoms with Crippen LogP contribution in [-0.4, -0.2) is 8.42 Å². The van der Waals surface area contributed by atoms with Crippen molar-refractivity contribution in [3.05, 3.63) is 44.8 Å². The molecule has 2 aromatic rings. The third-order valence-corrected chi connectivity index (χ3v) is 5.86. The van der Waals surface area contributed by atoms with Crippen molar-refractivity contribution in [2.45, 2.75) is 10.6 Å². The van der Waals surface area contributed by atoms with Crippen LogP contribution in [0, 0.1) is 5.82 Å². The lowest BCUT2D eigenvalue weighted by atomic mass is 10.3. The highest BCUT2D eigenvalue weighted by molar-refractivity contribution is 9.10. The van der Waals surface area contributed by atoms with E-state index in [1.807, 2.05) is 0 Å². The molecule has 0 radical (unpaired) electrons. The molecule has 2 rings (SSSR count). The third-order valence-electron chi connectivity index (χ3n) is 2.26. The maximum absolute atomic E-state index is 13.1. The van der Waals surface area contributed by atoms with E-state index in [1.54, 1.807) is 11.4 Å². The number of thiophene rings is 1. The van der Waals surface area contributed by atoms with Crippen LogP contribution in [0.1, 0.15) is 4.88 Å². The molecule has 0 aliphatic carbocycles. The van der Waals surface area contributed by atoms with Crippen LogP contribution >= 0.6 is 27.3 Å². The fourth-order valence-electron chi connectivity index (χ4n) is 1.47. The van der Waals surface area contributed by atoms with Gasteiger partial charge in [0.1, 0.15) is 5.82 Å². The lowest BCUT2D eigenvalue weighted by molar-refractivity contribution is 0.591. The predicted octanol–water partition coefficient (Wildman–Crippen LogP) is 3.21. The zero-order chi connectivity index (χ0) is 13.3. The monoisotopic (exact) mass is 349 g/mol. The summed E-state index contributed by atoms with van der Waals surface area (Å²) in [5.41, 5.74) is 5.64. The van der Waals surface area contributed by atoms with Gasteiger partial charge in [0.15, 0.2) is 9.84 Å². The molecule has 0 atom stereocenters. The molecule has 0 fully saturated rings. The second kappa shape index (κ2) is 4.99. The van der Waals surface area contributed by atoms with Gasteiger partial charge >= 0.3 is 0 Å². The Morgan fingerprint density at radius 1 is 1.33 bits per heavy atom. The summed E-state index contributed by atoms with van der Waals surface area (Å²) in [7, 11) is -3.63. The number of sulfone groups is 1. The lowest BCUT2D eigenvalue weighted by Gasteiger charge is -2.06. The van der Waals surface area contributed by atoms with Crippen LogP contribution in [0.2, 0.25) is 0 Å². The minimum Gasteiger partial charge on any atom is -0.398 e.